The number of ether oxygens (including phenoxy) is 1. The standard InChI is InChI=1S/C24H18N2O5/c27-23-12-11-17(26(29)30)14-16(23)6-5-13-25-24(28)31-15-22-20-9-3-1-7-18(20)19-8-2-4-10-21(19)22/h1-4,7-12,14,22,27H,13,15H2,(H,25,28). The van der Waals surface area contributed by atoms with E-state index in [1.807, 2.05) is 36.4 Å². The fourth-order valence-corrected chi connectivity index (χ4v) is 3.64. The number of carbonyl (C=O) groups is 1. The molecule has 1 aliphatic rings. The van der Waals surface area contributed by atoms with Crippen LogP contribution in [-0.4, -0.2) is 29.3 Å². The molecule has 0 saturated carbocycles. The molecule has 0 aliphatic heterocycles. The fraction of sp³-hybridized carbons (Fsp3) is 0.125. The Bertz CT molecular complexity index is 1180. The summed E-state index contributed by atoms with van der Waals surface area (Å²) in [6, 6.07) is 19.7. The molecule has 7 heteroatoms. The molecule has 0 unspecified atom stereocenters. The molecule has 154 valence electrons. The van der Waals surface area contributed by atoms with Crippen molar-refractivity contribution in [2.45, 2.75) is 5.92 Å². The van der Waals surface area contributed by atoms with E-state index in [4.69, 9.17) is 4.74 Å². The normalized spacial score (nSPS) is 11.6. The molecule has 0 radical (unpaired) electrons. The van der Waals surface area contributed by atoms with Crippen LogP contribution in [-0.2, 0) is 4.74 Å². The van der Waals surface area contributed by atoms with E-state index in [0.29, 0.717) is 0 Å². The molecule has 0 aromatic heterocycles. The van der Waals surface area contributed by atoms with Crippen LogP contribution in [0.2, 0.25) is 0 Å². The number of alkyl carbamates (subject to hydrolysis) is 1. The smallest absolute Gasteiger partial charge is 0.407 e. The van der Waals surface area contributed by atoms with Crippen LogP contribution in [0.3, 0.4) is 0 Å². The van der Waals surface area contributed by atoms with Crippen LogP contribution in [0, 0.1) is 22.0 Å². The second-order valence-electron chi connectivity index (χ2n) is 6.94. The predicted molar refractivity (Wildman–Crippen MR) is 115 cm³/mol. The minimum atomic E-state index is -0.612. The van der Waals surface area contributed by atoms with Crippen LogP contribution in [0.1, 0.15) is 22.6 Å². The summed E-state index contributed by atoms with van der Waals surface area (Å²) in [5.74, 6) is 5.06. The zero-order valence-corrected chi connectivity index (χ0v) is 16.4. The van der Waals surface area contributed by atoms with Crippen LogP contribution >= 0.6 is 0 Å². The third-order valence-electron chi connectivity index (χ3n) is 5.08. The van der Waals surface area contributed by atoms with Crippen LogP contribution in [0.4, 0.5) is 10.5 Å². The molecule has 4 rings (SSSR count). The van der Waals surface area contributed by atoms with Crippen molar-refractivity contribution < 1.29 is 19.6 Å². The van der Waals surface area contributed by atoms with Gasteiger partial charge in [-0.2, -0.15) is 0 Å². The summed E-state index contributed by atoms with van der Waals surface area (Å²) < 4.78 is 5.41. The number of hydrogen-bond acceptors (Lipinski definition) is 5. The van der Waals surface area contributed by atoms with Gasteiger partial charge in [-0.3, -0.25) is 10.1 Å². The van der Waals surface area contributed by atoms with Gasteiger partial charge in [0.15, 0.2) is 0 Å². The van der Waals surface area contributed by atoms with Gasteiger partial charge in [-0.15, -0.1) is 0 Å². The Hall–Kier alpha value is -4.31. The molecule has 7 nitrogen and oxygen atoms in total. The Morgan fingerprint density at radius 1 is 1.06 bits per heavy atom. The van der Waals surface area contributed by atoms with Crippen LogP contribution < -0.4 is 5.32 Å². The molecule has 3 aromatic carbocycles. The van der Waals surface area contributed by atoms with Gasteiger partial charge in [-0.05, 0) is 28.3 Å². The van der Waals surface area contributed by atoms with Crippen molar-refractivity contribution >= 4 is 11.8 Å². The number of aromatic hydroxyl groups is 1. The monoisotopic (exact) mass is 414 g/mol. The van der Waals surface area contributed by atoms with Crippen LogP contribution in [0.15, 0.2) is 66.7 Å². The summed E-state index contributed by atoms with van der Waals surface area (Å²) in [6.45, 7) is 0.164. The topological polar surface area (TPSA) is 102 Å². The first kappa shape index (κ1) is 20.0. The van der Waals surface area contributed by atoms with Gasteiger partial charge in [0.25, 0.3) is 5.69 Å². The Kier molecular flexibility index (Phi) is 5.54. The lowest BCUT2D eigenvalue weighted by molar-refractivity contribution is -0.384. The van der Waals surface area contributed by atoms with Gasteiger partial charge in [0, 0.05) is 18.1 Å². The fourth-order valence-electron chi connectivity index (χ4n) is 3.64. The van der Waals surface area contributed by atoms with Crippen molar-refractivity contribution in [1.29, 1.82) is 0 Å². The van der Waals surface area contributed by atoms with E-state index in [9.17, 15) is 20.0 Å². The van der Waals surface area contributed by atoms with E-state index in [2.05, 4.69) is 29.3 Å². The number of nitrogens with one attached hydrogen (secondary N) is 1. The molecular weight excluding hydrogens is 396 g/mol. The third kappa shape index (κ3) is 4.19. The number of rotatable bonds is 4. The maximum atomic E-state index is 12.1. The number of fused-ring (bicyclic) bond motifs is 3. The van der Waals surface area contributed by atoms with Gasteiger partial charge in [0.1, 0.15) is 12.4 Å². The lowest BCUT2D eigenvalue weighted by Gasteiger charge is -2.14. The van der Waals surface area contributed by atoms with Crippen molar-refractivity contribution in [2.75, 3.05) is 13.2 Å². The molecule has 3 aromatic rings. The first-order valence-electron chi connectivity index (χ1n) is 9.59. The molecule has 0 fully saturated rings. The number of phenolic OH excluding ortho intramolecular Hbond substituents is 1. The largest absolute Gasteiger partial charge is 0.507 e. The molecule has 0 bridgehead atoms. The van der Waals surface area contributed by atoms with Gasteiger partial charge in [0.2, 0.25) is 0 Å². The molecule has 1 aliphatic carbocycles. The molecule has 0 spiro atoms. The summed E-state index contributed by atoms with van der Waals surface area (Å²) in [4.78, 5) is 22.4. The van der Waals surface area contributed by atoms with Gasteiger partial charge in [-0.1, -0.05) is 60.4 Å². The van der Waals surface area contributed by atoms with E-state index < -0.39 is 11.0 Å². The maximum Gasteiger partial charge on any atom is 0.407 e. The number of carbonyl (C=O) groups excluding carboxylic acids is 1. The molecular formula is C24H18N2O5. The zero-order valence-electron chi connectivity index (χ0n) is 16.4. The lowest BCUT2D eigenvalue weighted by atomic mass is 9.98. The number of non-ortho nitro benzene ring substituents is 1. The van der Waals surface area contributed by atoms with Crippen molar-refractivity contribution in [3.8, 4) is 28.7 Å². The second kappa shape index (κ2) is 8.59. The minimum absolute atomic E-state index is 0.0290. The van der Waals surface area contributed by atoms with Gasteiger partial charge >= 0.3 is 6.09 Å². The number of nitro groups is 1. The minimum Gasteiger partial charge on any atom is -0.507 e. The van der Waals surface area contributed by atoms with Crippen molar-refractivity contribution in [3.05, 3.63) is 93.5 Å². The summed E-state index contributed by atoms with van der Waals surface area (Å²) >= 11 is 0. The Morgan fingerprint density at radius 3 is 2.35 bits per heavy atom. The maximum absolute atomic E-state index is 12.1. The van der Waals surface area contributed by atoms with E-state index in [0.717, 1.165) is 22.3 Å². The van der Waals surface area contributed by atoms with Crippen LogP contribution in [0.25, 0.3) is 11.1 Å². The first-order valence-corrected chi connectivity index (χ1v) is 9.59. The Labute approximate surface area is 178 Å². The Balaban J connectivity index is 1.36. The van der Waals surface area contributed by atoms with Crippen LogP contribution in [0.5, 0.6) is 5.75 Å². The molecule has 31 heavy (non-hydrogen) atoms. The molecule has 0 heterocycles. The summed E-state index contributed by atoms with van der Waals surface area (Å²) in [6.07, 6.45) is -0.612. The summed E-state index contributed by atoms with van der Waals surface area (Å²) in [5, 5.41) is 23.1. The summed E-state index contributed by atoms with van der Waals surface area (Å²) in [5.41, 5.74) is 4.48. The quantitative estimate of drug-likeness (QED) is 0.379. The number of benzene rings is 3. The Morgan fingerprint density at radius 2 is 1.71 bits per heavy atom. The SMILES string of the molecule is O=C(NCC#Cc1cc([N+](=O)[O-])ccc1O)OCC1c2ccccc2-c2ccccc21. The van der Waals surface area contributed by atoms with E-state index in [1.54, 1.807) is 0 Å². The van der Waals surface area contributed by atoms with Gasteiger partial charge in [0.05, 0.1) is 17.0 Å². The highest BCUT2D eigenvalue weighted by Crippen LogP contribution is 2.44. The summed E-state index contributed by atoms with van der Waals surface area (Å²) in [7, 11) is 0. The lowest BCUT2D eigenvalue weighted by Crippen LogP contribution is -2.26. The molecule has 1 amide bonds. The average Bonchev–Trinajstić information content (AvgIpc) is 3.10. The first-order chi connectivity index (χ1) is 15.0. The van der Waals surface area contributed by atoms with Gasteiger partial charge in [-0.25, -0.2) is 4.79 Å². The highest BCUT2D eigenvalue weighted by Gasteiger charge is 2.28. The van der Waals surface area contributed by atoms with Crippen molar-refractivity contribution in [2.24, 2.45) is 0 Å². The average molecular weight is 414 g/mol. The predicted octanol–water partition coefficient (Wildman–Crippen LogP) is 4.19. The van der Waals surface area contributed by atoms with Crippen molar-refractivity contribution in [1.82, 2.24) is 5.32 Å². The van der Waals surface area contributed by atoms with E-state index >= 15 is 0 Å². The highest BCUT2D eigenvalue weighted by molar-refractivity contribution is 5.79. The third-order valence-corrected chi connectivity index (χ3v) is 5.08. The number of nitro benzene ring substituents is 1. The highest BCUT2D eigenvalue weighted by atomic mass is 16.6. The molecule has 0 saturated heterocycles. The molecule has 0 atom stereocenters. The number of amides is 1. The van der Waals surface area contributed by atoms with Crippen molar-refractivity contribution in [3.63, 3.8) is 0 Å². The van der Waals surface area contributed by atoms with Gasteiger partial charge < -0.3 is 15.2 Å². The number of phenols is 1. The van der Waals surface area contributed by atoms with E-state index in [1.165, 1.54) is 18.2 Å². The second-order valence-corrected chi connectivity index (χ2v) is 6.94. The van der Waals surface area contributed by atoms with E-state index in [-0.39, 0.29) is 36.1 Å². The molecule has 2 N–H and O–H groups in total. The zero-order chi connectivity index (χ0) is 21.8. The number of nitrogens with zero attached hydrogens (tertiary/aromatic N) is 1. The number of hydrogen-bond donors (Lipinski definition) is 2.